The van der Waals surface area contributed by atoms with Crippen LogP contribution in [0.4, 0.5) is 0 Å². The maximum atomic E-state index is 13.0. The van der Waals surface area contributed by atoms with Crippen molar-refractivity contribution in [2.24, 2.45) is 0 Å². The van der Waals surface area contributed by atoms with Gasteiger partial charge in [0, 0.05) is 0 Å². The summed E-state index contributed by atoms with van der Waals surface area (Å²) in [6, 6.07) is -1.11. The Balaban J connectivity index is 2.66. The van der Waals surface area contributed by atoms with Gasteiger partial charge >= 0.3 is 10.4 Å². The molecule has 13 nitrogen and oxygen atoms in total. The molecule has 14 heteroatoms. The lowest BCUT2D eigenvalue weighted by atomic mass is 9.99. The van der Waals surface area contributed by atoms with Crippen molar-refractivity contribution in [1.29, 1.82) is 0 Å². The average Bonchev–Trinajstić information content (AvgIpc) is 3.14. The van der Waals surface area contributed by atoms with E-state index in [-0.39, 0.29) is 6.42 Å². The van der Waals surface area contributed by atoms with Gasteiger partial charge in [-0.2, -0.15) is 8.42 Å². The standard InChI is InChI=1S/C40H77NO12S/c1-3-5-7-9-11-13-15-17-19-20-22-24-26-28-33(43)32(31-51-40-37(46)38(53-54(48,49)50)36(45)35(30-42)52-40)41-39(47)34(44)29-27-25-23-21-18-16-14-12-10-8-6-4-2/h26,28,32-38,40,42-46H,3-25,27,29-31H2,1-2H3,(H,41,47)(H,48,49,50)/b28-26+/t32-,33+,34?,35+,36-,37?,38?,40+/m0/s1. The molecule has 0 radical (unpaired) electrons. The van der Waals surface area contributed by atoms with Gasteiger partial charge in [-0.3, -0.25) is 9.35 Å². The van der Waals surface area contributed by atoms with Crippen molar-refractivity contribution in [3.63, 3.8) is 0 Å². The van der Waals surface area contributed by atoms with Crippen molar-refractivity contribution >= 4 is 16.3 Å². The van der Waals surface area contributed by atoms with E-state index in [1.54, 1.807) is 0 Å². The summed E-state index contributed by atoms with van der Waals surface area (Å²) in [5.41, 5.74) is 0. The zero-order chi connectivity index (χ0) is 40.0. The number of aliphatic hydroxyl groups is 5. The third-order valence-electron chi connectivity index (χ3n) is 10.2. The van der Waals surface area contributed by atoms with E-state index in [1.165, 1.54) is 109 Å². The number of unbranched alkanes of at least 4 members (excludes halogenated alkanes) is 22. The zero-order valence-corrected chi connectivity index (χ0v) is 34.2. The third kappa shape index (κ3) is 24.4. The van der Waals surface area contributed by atoms with E-state index in [0.717, 1.165) is 38.5 Å². The molecule has 0 saturated carbocycles. The molecule has 0 aromatic carbocycles. The molecule has 320 valence electrons. The summed E-state index contributed by atoms with van der Waals surface area (Å²) in [6.45, 7) is 3.18. The highest BCUT2D eigenvalue weighted by Gasteiger charge is 2.48. The second-order valence-corrected chi connectivity index (χ2v) is 16.1. The first-order valence-electron chi connectivity index (χ1n) is 21.2. The topological polar surface area (TPSA) is 212 Å². The molecule has 1 fully saturated rings. The highest BCUT2D eigenvalue weighted by molar-refractivity contribution is 7.80. The molecular weight excluding hydrogens is 719 g/mol. The maximum Gasteiger partial charge on any atom is 0.397 e. The van der Waals surface area contributed by atoms with Crippen LogP contribution in [0.5, 0.6) is 0 Å². The van der Waals surface area contributed by atoms with E-state index in [9.17, 15) is 38.7 Å². The van der Waals surface area contributed by atoms with Crippen LogP contribution in [0, 0.1) is 0 Å². The van der Waals surface area contributed by atoms with Gasteiger partial charge in [0.1, 0.15) is 30.5 Å². The Morgan fingerprint density at radius 1 is 0.741 bits per heavy atom. The molecule has 0 bridgehead atoms. The first-order valence-corrected chi connectivity index (χ1v) is 22.5. The molecule has 8 atom stereocenters. The van der Waals surface area contributed by atoms with Gasteiger partial charge < -0.3 is 40.3 Å². The number of nitrogens with one attached hydrogen (secondary N) is 1. The average molecular weight is 796 g/mol. The molecule has 0 aromatic heterocycles. The van der Waals surface area contributed by atoms with Crippen LogP contribution in [0.1, 0.15) is 174 Å². The summed E-state index contributed by atoms with van der Waals surface area (Å²) >= 11 is 0. The summed E-state index contributed by atoms with van der Waals surface area (Å²) in [5.74, 6) is -0.703. The fourth-order valence-corrected chi connectivity index (χ4v) is 7.26. The van der Waals surface area contributed by atoms with E-state index >= 15 is 0 Å². The minimum absolute atomic E-state index is 0.247. The van der Waals surface area contributed by atoms with Crippen molar-refractivity contribution in [2.45, 2.75) is 223 Å². The van der Waals surface area contributed by atoms with Crippen LogP contribution in [0.3, 0.4) is 0 Å². The quantitative estimate of drug-likeness (QED) is 0.0218. The van der Waals surface area contributed by atoms with Gasteiger partial charge in [-0.05, 0) is 19.3 Å². The van der Waals surface area contributed by atoms with E-state index in [2.05, 4.69) is 23.3 Å². The molecule has 0 aromatic rings. The third-order valence-corrected chi connectivity index (χ3v) is 10.6. The minimum atomic E-state index is -5.11. The molecule has 1 amide bonds. The summed E-state index contributed by atoms with van der Waals surface area (Å²) in [5, 5.41) is 55.0. The van der Waals surface area contributed by atoms with Crippen molar-refractivity contribution in [3.8, 4) is 0 Å². The molecule has 54 heavy (non-hydrogen) atoms. The van der Waals surface area contributed by atoms with Crippen LogP contribution in [-0.4, -0.2) is 107 Å². The van der Waals surface area contributed by atoms with E-state index in [1.807, 2.05) is 6.08 Å². The SMILES string of the molecule is CCCCCCCCCCCCC/C=C/[C@@H](O)[C@H](CO[C@@H]1O[C@H](CO)[C@H](O)C(OS(=O)(=O)O)C1O)NC(=O)C(O)CCCCCCCCCCCCCC. The number of aliphatic hydroxyl groups excluding tert-OH is 5. The van der Waals surface area contributed by atoms with Crippen LogP contribution in [-0.2, 0) is 28.9 Å². The zero-order valence-electron chi connectivity index (χ0n) is 33.4. The summed E-state index contributed by atoms with van der Waals surface area (Å²) < 4.78 is 47.3. The monoisotopic (exact) mass is 796 g/mol. The summed E-state index contributed by atoms with van der Waals surface area (Å²) in [6.07, 6.45) is 20.2. The Morgan fingerprint density at radius 3 is 1.67 bits per heavy atom. The molecule has 1 heterocycles. The van der Waals surface area contributed by atoms with E-state index in [0.29, 0.717) is 12.8 Å². The number of carbonyl (C=O) groups excluding carboxylic acids is 1. The van der Waals surface area contributed by atoms with Gasteiger partial charge in [-0.1, -0.05) is 167 Å². The van der Waals surface area contributed by atoms with Gasteiger partial charge in [0.15, 0.2) is 6.29 Å². The fourth-order valence-electron chi connectivity index (χ4n) is 6.75. The van der Waals surface area contributed by atoms with Gasteiger partial charge in [0.05, 0.1) is 25.4 Å². The summed E-state index contributed by atoms with van der Waals surface area (Å²) in [4.78, 5) is 13.0. The number of hydrogen-bond acceptors (Lipinski definition) is 11. The first-order chi connectivity index (χ1) is 25.9. The first kappa shape index (κ1) is 50.8. The fraction of sp³-hybridized carbons (Fsp3) is 0.925. The van der Waals surface area contributed by atoms with Crippen LogP contribution < -0.4 is 5.32 Å². The molecule has 0 aliphatic carbocycles. The van der Waals surface area contributed by atoms with Crippen molar-refractivity contribution in [3.05, 3.63) is 12.2 Å². The molecule has 1 rings (SSSR count). The van der Waals surface area contributed by atoms with Crippen molar-refractivity contribution < 1.29 is 57.0 Å². The predicted octanol–water partition coefficient (Wildman–Crippen LogP) is 6.19. The lowest BCUT2D eigenvalue weighted by Crippen LogP contribution is -2.61. The molecule has 1 aliphatic rings. The number of carbonyl (C=O) groups is 1. The number of allylic oxidation sites excluding steroid dienone is 1. The van der Waals surface area contributed by atoms with E-state index in [4.69, 9.17) is 14.0 Å². The number of rotatable bonds is 35. The molecule has 1 saturated heterocycles. The Morgan fingerprint density at radius 2 is 1.20 bits per heavy atom. The largest absolute Gasteiger partial charge is 0.397 e. The Hall–Kier alpha value is -1.20. The van der Waals surface area contributed by atoms with Gasteiger partial charge in [-0.15, -0.1) is 0 Å². The highest BCUT2D eigenvalue weighted by Crippen LogP contribution is 2.26. The number of ether oxygens (including phenoxy) is 2. The van der Waals surface area contributed by atoms with Gasteiger partial charge in [-0.25, -0.2) is 4.18 Å². The van der Waals surface area contributed by atoms with Gasteiger partial charge in [0.25, 0.3) is 0 Å². The maximum absolute atomic E-state index is 13.0. The number of amides is 1. The smallest absolute Gasteiger partial charge is 0.394 e. The number of hydrogen-bond donors (Lipinski definition) is 7. The molecule has 7 N–H and O–H groups in total. The Bertz CT molecular complexity index is 1050. The van der Waals surface area contributed by atoms with Crippen LogP contribution in [0.15, 0.2) is 12.2 Å². The molecule has 1 aliphatic heterocycles. The lowest BCUT2D eigenvalue weighted by Gasteiger charge is -2.41. The second kappa shape index (κ2) is 31.8. The lowest BCUT2D eigenvalue weighted by molar-refractivity contribution is -0.298. The Labute approximate surface area is 326 Å². The molecule has 3 unspecified atom stereocenters. The second-order valence-electron chi connectivity index (χ2n) is 15.1. The van der Waals surface area contributed by atoms with Crippen LogP contribution in [0.2, 0.25) is 0 Å². The Kier molecular flexibility index (Phi) is 30.0. The minimum Gasteiger partial charge on any atom is -0.394 e. The predicted molar refractivity (Wildman–Crippen MR) is 210 cm³/mol. The van der Waals surface area contributed by atoms with Crippen LogP contribution in [0.25, 0.3) is 0 Å². The molecular formula is C40H77NO12S. The molecule has 0 spiro atoms. The van der Waals surface area contributed by atoms with Crippen molar-refractivity contribution in [2.75, 3.05) is 13.2 Å². The van der Waals surface area contributed by atoms with Gasteiger partial charge in [0.2, 0.25) is 5.91 Å². The highest BCUT2D eigenvalue weighted by atomic mass is 32.3. The van der Waals surface area contributed by atoms with Crippen molar-refractivity contribution in [1.82, 2.24) is 5.32 Å². The summed E-state index contributed by atoms with van der Waals surface area (Å²) in [7, 11) is -5.11. The van der Waals surface area contributed by atoms with Crippen LogP contribution >= 0.6 is 0 Å². The normalized spacial score (nSPS) is 22.4. The van der Waals surface area contributed by atoms with E-state index < -0.39 is 78.5 Å².